The molecule has 41 heavy (non-hydrogen) atoms. The molecular formula is C38H29BO2. The summed E-state index contributed by atoms with van der Waals surface area (Å²) < 4.78 is 12.7. The molecule has 0 spiro atoms. The second kappa shape index (κ2) is 10.6. The van der Waals surface area contributed by atoms with Crippen LogP contribution >= 0.6 is 0 Å². The van der Waals surface area contributed by atoms with Crippen LogP contribution in [-0.4, -0.2) is 18.3 Å². The van der Waals surface area contributed by atoms with Gasteiger partial charge in [0, 0.05) is 22.3 Å². The van der Waals surface area contributed by atoms with Crippen LogP contribution in [0, 0.1) is 49.4 Å². The van der Waals surface area contributed by atoms with Crippen LogP contribution in [0.25, 0.3) is 33.4 Å². The van der Waals surface area contributed by atoms with Crippen molar-refractivity contribution in [3.05, 3.63) is 101 Å². The lowest BCUT2D eigenvalue weighted by atomic mass is 9.77. The van der Waals surface area contributed by atoms with E-state index in [4.69, 9.17) is 35.0 Å². The zero-order chi connectivity index (χ0) is 29.4. The Labute approximate surface area is 244 Å². The minimum atomic E-state index is -0.502. The molecule has 0 unspecified atom stereocenters. The summed E-state index contributed by atoms with van der Waals surface area (Å²) in [6.07, 6.45) is 23.5. The Morgan fingerprint density at radius 3 is 1.66 bits per heavy atom. The van der Waals surface area contributed by atoms with Crippen molar-refractivity contribution in [2.45, 2.75) is 38.9 Å². The van der Waals surface area contributed by atoms with E-state index < -0.39 is 18.3 Å². The van der Waals surface area contributed by atoms with Gasteiger partial charge in [0.1, 0.15) is 0 Å². The first kappa shape index (κ1) is 27.7. The molecule has 1 aliphatic heterocycles. The zero-order valence-corrected chi connectivity index (χ0v) is 23.7. The maximum Gasteiger partial charge on any atom is 0.494 e. The lowest BCUT2D eigenvalue weighted by Crippen LogP contribution is -2.41. The van der Waals surface area contributed by atoms with E-state index in [0.717, 1.165) is 38.8 Å². The van der Waals surface area contributed by atoms with E-state index in [1.807, 2.05) is 82.3 Å². The van der Waals surface area contributed by atoms with Crippen LogP contribution in [0.4, 0.5) is 0 Å². The Bertz CT molecular complexity index is 1830. The summed E-state index contributed by atoms with van der Waals surface area (Å²) in [6.45, 7) is 8.19. The standard InChI is InChI=1S/C38H29BO2/c1-9-26-16-14-20-33(31(26)11-3)29-22-23-35(34-21-15-17-27(10-2)32(34)12-4)36(25-29)28-18-13-19-30(24-28)39-40-37(5,6)38(7,8)41-39/h1-4,13-25H,5-8H3. The molecular weight excluding hydrogens is 499 g/mol. The molecule has 0 atom stereocenters. The van der Waals surface area contributed by atoms with Crippen molar-refractivity contribution in [1.82, 2.24) is 0 Å². The van der Waals surface area contributed by atoms with E-state index >= 15 is 0 Å². The van der Waals surface area contributed by atoms with Crippen LogP contribution in [0.2, 0.25) is 0 Å². The molecule has 196 valence electrons. The van der Waals surface area contributed by atoms with Crippen molar-refractivity contribution in [2.75, 3.05) is 0 Å². The Morgan fingerprint density at radius 1 is 0.537 bits per heavy atom. The number of hydrogen-bond donors (Lipinski definition) is 0. The molecule has 3 heteroatoms. The minimum Gasteiger partial charge on any atom is -0.399 e. The summed E-state index contributed by atoms with van der Waals surface area (Å²) in [5.74, 6) is 11.0. The van der Waals surface area contributed by atoms with Crippen molar-refractivity contribution in [3.8, 4) is 82.8 Å². The number of rotatable bonds is 4. The Kier molecular flexibility index (Phi) is 7.14. The highest BCUT2D eigenvalue weighted by atomic mass is 16.7. The molecule has 0 amide bonds. The van der Waals surface area contributed by atoms with Crippen molar-refractivity contribution in [3.63, 3.8) is 0 Å². The molecule has 0 aliphatic carbocycles. The summed E-state index contributed by atoms with van der Waals surface area (Å²) in [7, 11) is -0.502. The van der Waals surface area contributed by atoms with Gasteiger partial charge in [-0.15, -0.1) is 25.7 Å². The quantitative estimate of drug-likeness (QED) is 0.212. The first-order valence-electron chi connectivity index (χ1n) is 13.4. The van der Waals surface area contributed by atoms with Gasteiger partial charge in [-0.3, -0.25) is 0 Å². The van der Waals surface area contributed by atoms with Crippen LogP contribution in [0.1, 0.15) is 49.9 Å². The van der Waals surface area contributed by atoms with Gasteiger partial charge in [-0.1, -0.05) is 84.3 Å². The smallest absolute Gasteiger partial charge is 0.399 e. The molecule has 1 fully saturated rings. The fourth-order valence-electron chi connectivity index (χ4n) is 5.14. The topological polar surface area (TPSA) is 18.5 Å². The van der Waals surface area contributed by atoms with E-state index in [1.165, 1.54) is 0 Å². The van der Waals surface area contributed by atoms with E-state index in [2.05, 4.69) is 47.9 Å². The van der Waals surface area contributed by atoms with E-state index in [1.54, 1.807) is 0 Å². The lowest BCUT2D eigenvalue weighted by Gasteiger charge is -2.32. The van der Waals surface area contributed by atoms with Crippen LogP contribution in [0.15, 0.2) is 78.9 Å². The molecule has 5 rings (SSSR count). The highest BCUT2D eigenvalue weighted by molar-refractivity contribution is 6.62. The summed E-state index contributed by atoms with van der Waals surface area (Å²) in [6, 6.07) is 26.0. The van der Waals surface area contributed by atoms with Gasteiger partial charge in [0.25, 0.3) is 0 Å². The summed E-state index contributed by atoms with van der Waals surface area (Å²) in [5, 5.41) is 0. The maximum absolute atomic E-state index is 6.36. The second-order valence-corrected chi connectivity index (χ2v) is 11.0. The molecule has 0 bridgehead atoms. The summed E-state index contributed by atoms with van der Waals surface area (Å²) >= 11 is 0. The highest BCUT2D eigenvalue weighted by Gasteiger charge is 2.51. The average Bonchev–Trinajstić information content (AvgIpc) is 3.21. The Hall–Kier alpha value is -4.90. The summed E-state index contributed by atoms with van der Waals surface area (Å²) in [5.41, 5.74) is 8.27. The third kappa shape index (κ3) is 4.85. The van der Waals surface area contributed by atoms with Gasteiger partial charge < -0.3 is 9.31 Å². The first-order valence-corrected chi connectivity index (χ1v) is 13.4. The van der Waals surface area contributed by atoms with Crippen molar-refractivity contribution in [2.24, 2.45) is 0 Å². The predicted molar refractivity (Wildman–Crippen MR) is 170 cm³/mol. The highest BCUT2D eigenvalue weighted by Crippen LogP contribution is 2.40. The molecule has 1 aliphatic rings. The number of terminal acetylenes is 4. The van der Waals surface area contributed by atoms with Gasteiger partial charge in [0.2, 0.25) is 0 Å². The molecule has 1 saturated heterocycles. The van der Waals surface area contributed by atoms with Crippen molar-refractivity contribution in [1.29, 1.82) is 0 Å². The second-order valence-electron chi connectivity index (χ2n) is 11.0. The largest absolute Gasteiger partial charge is 0.494 e. The van der Waals surface area contributed by atoms with Crippen LogP contribution < -0.4 is 5.46 Å². The van der Waals surface area contributed by atoms with Gasteiger partial charge in [-0.25, -0.2) is 0 Å². The summed E-state index contributed by atoms with van der Waals surface area (Å²) in [4.78, 5) is 0. The van der Waals surface area contributed by atoms with Crippen LogP contribution in [-0.2, 0) is 9.31 Å². The van der Waals surface area contributed by atoms with Crippen molar-refractivity contribution < 1.29 is 9.31 Å². The van der Waals surface area contributed by atoms with E-state index in [0.29, 0.717) is 22.3 Å². The average molecular weight is 528 g/mol. The minimum absolute atomic E-state index is 0.455. The van der Waals surface area contributed by atoms with Gasteiger partial charge >= 0.3 is 7.12 Å². The molecule has 0 N–H and O–H groups in total. The van der Waals surface area contributed by atoms with Gasteiger partial charge in [0.05, 0.1) is 11.2 Å². The Balaban J connectivity index is 1.75. The van der Waals surface area contributed by atoms with Crippen LogP contribution in [0.3, 0.4) is 0 Å². The van der Waals surface area contributed by atoms with Gasteiger partial charge in [-0.05, 0) is 84.7 Å². The maximum atomic E-state index is 6.36. The Morgan fingerprint density at radius 2 is 1.07 bits per heavy atom. The number of benzene rings is 4. The normalized spacial score (nSPS) is 14.9. The third-order valence-electron chi connectivity index (χ3n) is 8.07. The van der Waals surface area contributed by atoms with Gasteiger partial charge in [-0.2, -0.15) is 0 Å². The molecule has 4 aromatic rings. The SMILES string of the molecule is C#Cc1cccc(-c2ccc(-c3cccc(C#C)c3C#C)c(-c3cccc(B4OC(C)(C)C(C)(C)O4)c3)c2)c1C#C. The zero-order valence-electron chi connectivity index (χ0n) is 23.7. The third-order valence-corrected chi connectivity index (χ3v) is 8.07. The molecule has 1 heterocycles. The van der Waals surface area contributed by atoms with Crippen molar-refractivity contribution >= 4 is 12.6 Å². The van der Waals surface area contributed by atoms with E-state index in [9.17, 15) is 0 Å². The predicted octanol–water partition coefficient (Wildman–Crippen LogP) is 6.91. The van der Waals surface area contributed by atoms with Crippen LogP contribution in [0.5, 0.6) is 0 Å². The van der Waals surface area contributed by atoms with Gasteiger partial charge in [0.15, 0.2) is 0 Å². The molecule has 0 radical (unpaired) electrons. The molecule has 0 saturated carbocycles. The fourth-order valence-corrected chi connectivity index (χ4v) is 5.14. The molecule has 2 nitrogen and oxygen atoms in total. The van der Waals surface area contributed by atoms with E-state index in [-0.39, 0.29) is 0 Å². The number of hydrogen-bond acceptors (Lipinski definition) is 2. The fraction of sp³-hybridized carbons (Fsp3) is 0.158. The first-order chi connectivity index (χ1) is 19.6. The molecule has 4 aromatic carbocycles. The monoisotopic (exact) mass is 528 g/mol. The lowest BCUT2D eigenvalue weighted by molar-refractivity contribution is 0.00578. The molecule has 0 aromatic heterocycles.